The first-order chi connectivity index (χ1) is 13.5. The number of thiazole rings is 1. The lowest BCUT2D eigenvalue weighted by Gasteiger charge is -2.11. The van der Waals surface area contributed by atoms with E-state index in [2.05, 4.69) is 20.9 Å². The molecule has 0 spiro atoms. The van der Waals surface area contributed by atoms with Gasteiger partial charge in [0.25, 0.3) is 0 Å². The molecule has 1 atom stereocenters. The maximum absolute atomic E-state index is 12.9. The number of halogens is 2. The van der Waals surface area contributed by atoms with Crippen LogP contribution in [0, 0.1) is 5.41 Å². The van der Waals surface area contributed by atoms with E-state index in [-0.39, 0.29) is 16.3 Å². The third-order valence-electron chi connectivity index (χ3n) is 4.31. The highest BCUT2D eigenvalue weighted by molar-refractivity contribution is 9.10. The van der Waals surface area contributed by atoms with Gasteiger partial charge in [0.15, 0.2) is 10.3 Å². The Balaban J connectivity index is 1.47. The van der Waals surface area contributed by atoms with Crippen molar-refractivity contribution in [3.8, 4) is 0 Å². The van der Waals surface area contributed by atoms with Gasteiger partial charge >= 0.3 is 0 Å². The number of aromatic nitrogens is 1. The van der Waals surface area contributed by atoms with E-state index in [1.54, 1.807) is 6.20 Å². The number of benzene rings is 2. The lowest BCUT2D eigenvalue weighted by molar-refractivity contribution is -0.116. The molecule has 4 rings (SSSR count). The maximum Gasteiger partial charge on any atom is 0.248 e. The van der Waals surface area contributed by atoms with Gasteiger partial charge in [0.1, 0.15) is 0 Å². The van der Waals surface area contributed by atoms with Crippen LogP contribution in [-0.4, -0.2) is 21.3 Å². The van der Waals surface area contributed by atoms with E-state index in [0.29, 0.717) is 16.6 Å². The van der Waals surface area contributed by atoms with Crippen LogP contribution in [-0.2, 0) is 17.6 Å². The fourth-order valence-electron chi connectivity index (χ4n) is 2.91. The Morgan fingerprint density at radius 1 is 1.11 bits per heavy atom. The predicted molar refractivity (Wildman–Crippen MR) is 121 cm³/mol. The molecule has 8 heteroatoms. The second-order valence-corrected chi connectivity index (χ2v) is 9.97. The highest BCUT2D eigenvalue weighted by Crippen LogP contribution is 2.35. The van der Waals surface area contributed by atoms with Crippen LogP contribution < -0.4 is 4.90 Å². The monoisotopic (exact) mass is 491 g/mol. The molecule has 28 heavy (non-hydrogen) atoms. The minimum absolute atomic E-state index is 0.0784. The van der Waals surface area contributed by atoms with Crippen molar-refractivity contribution in [2.24, 2.45) is 0 Å². The summed E-state index contributed by atoms with van der Waals surface area (Å²) in [6.07, 6.45) is 3.10. The number of hydrogen-bond acceptors (Lipinski definition) is 5. The third kappa shape index (κ3) is 4.33. The molecule has 2 heterocycles. The number of anilines is 1. The van der Waals surface area contributed by atoms with Crippen LogP contribution in [0.15, 0.2) is 59.2 Å². The molecular weight excluding hydrogens is 478 g/mol. The van der Waals surface area contributed by atoms with Gasteiger partial charge < -0.3 is 0 Å². The molecule has 0 saturated carbocycles. The van der Waals surface area contributed by atoms with Crippen molar-refractivity contribution in [2.75, 3.05) is 4.90 Å². The van der Waals surface area contributed by atoms with Gasteiger partial charge in [-0.3, -0.25) is 10.2 Å². The molecule has 0 bridgehead atoms. The molecule has 0 aliphatic carbocycles. The van der Waals surface area contributed by atoms with Gasteiger partial charge in [-0.1, -0.05) is 63.6 Å². The lowest BCUT2D eigenvalue weighted by atomic mass is 10.1. The molecular formula is C20H15BrClN3OS2. The van der Waals surface area contributed by atoms with Crippen molar-refractivity contribution in [3.63, 3.8) is 0 Å². The quantitative estimate of drug-likeness (QED) is 0.491. The summed E-state index contributed by atoms with van der Waals surface area (Å²) in [5, 5.41) is 9.48. The van der Waals surface area contributed by atoms with Crippen molar-refractivity contribution >= 4 is 66.8 Å². The van der Waals surface area contributed by atoms with E-state index in [9.17, 15) is 4.79 Å². The highest BCUT2D eigenvalue weighted by atomic mass is 79.9. The molecule has 142 valence electrons. The number of carbonyl (C=O) groups is 1. The van der Waals surface area contributed by atoms with E-state index in [1.807, 2.05) is 48.5 Å². The first kappa shape index (κ1) is 19.6. The maximum atomic E-state index is 12.9. The van der Waals surface area contributed by atoms with Gasteiger partial charge in [-0.05, 0) is 41.8 Å². The molecule has 1 amide bonds. The summed E-state index contributed by atoms with van der Waals surface area (Å²) in [6.45, 7) is 0. The summed E-state index contributed by atoms with van der Waals surface area (Å²) in [7, 11) is 0. The van der Waals surface area contributed by atoms with Crippen LogP contribution in [0.25, 0.3) is 0 Å². The Hall–Kier alpha value is -1.67. The molecule has 0 unspecified atom stereocenters. The summed E-state index contributed by atoms with van der Waals surface area (Å²) in [5.41, 5.74) is 2.20. The van der Waals surface area contributed by atoms with E-state index in [0.717, 1.165) is 26.9 Å². The van der Waals surface area contributed by atoms with Gasteiger partial charge in [0.2, 0.25) is 5.91 Å². The predicted octanol–water partition coefficient (Wildman–Crippen LogP) is 5.78. The van der Waals surface area contributed by atoms with Crippen molar-refractivity contribution in [1.82, 2.24) is 4.98 Å². The zero-order valence-corrected chi connectivity index (χ0v) is 18.5. The molecule has 1 fully saturated rings. The van der Waals surface area contributed by atoms with Crippen molar-refractivity contribution in [2.45, 2.75) is 18.1 Å². The van der Waals surface area contributed by atoms with Crippen molar-refractivity contribution in [1.29, 1.82) is 5.41 Å². The minimum atomic E-state index is -0.294. The largest absolute Gasteiger partial charge is 0.278 e. The fraction of sp³-hybridized carbons (Fsp3) is 0.150. The first-order valence-electron chi connectivity index (χ1n) is 8.52. The minimum Gasteiger partial charge on any atom is -0.278 e. The van der Waals surface area contributed by atoms with Crippen molar-refractivity contribution in [3.05, 3.63) is 80.2 Å². The zero-order chi connectivity index (χ0) is 19.7. The number of carbonyl (C=O) groups excluding carboxylic acids is 1. The van der Waals surface area contributed by atoms with Crippen LogP contribution in [0.4, 0.5) is 5.13 Å². The molecule has 0 radical (unpaired) electrons. The lowest BCUT2D eigenvalue weighted by Crippen LogP contribution is -2.32. The number of amidine groups is 1. The van der Waals surface area contributed by atoms with Crippen LogP contribution in [0.2, 0.25) is 5.02 Å². The smallest absolute Gasteiger partial charge is 0.248 e. The Bertz CT molecular complexity index is 1020. The third-order valence-corrected chi connectivity index (χ3v) is 7.13. The Morgan fingerprint density at radius 3 is 2.50 bits per heavy atom. The van der Waals surface area contributed by atoms with Crippen LogP contribution in [0.3, 0.4) is 0 Å². The van der Waals surface area contributed by atoms with Gasteiger partial charge in [-0.2, -0.15) is 0 Å². The molecule has 1 saturated heterocycles. The van der Waals surface area contributed by atoms with Crippen LogP contribution >= 0.6 is 50.6 Å². The van der Waals surface area contributed by atoms with Gasteiger partial charge in [-0.25, -0.2) is 9.88 Å². The molecule has 1 aliphatic rings. The standard InChI is InChI=1S/C20H15BrClN3OS2/c21-14-5-1-13(2-6-14)10-17-18(26)25(19(23)28-17)20-24-11-16(27-20)9-12-3-7-15(22)8-4-12/h1-8,11,17,23H,9-10H2/t17-/m0/s1. The number of thioether (sulfide) groups is 1. The van der Waals surface area contributed by atoms with Crippen LogP contribution in [0.5, 0.6) is 0 Å². The summed E-state index contributed by atoms with van der Waals surface area (Å²) < 4.78 is 1.01. The molecule has 1 N–H and O–H groups in total. The normalized spacial score (nSPS) is 16.8. The number of amides is 1. The van der Waals surface area contributed by atoms with Crippen LogP contribution in [0.1, 0.15) is 16.0 Å². The second kappa shape index (κ2) is 8.37. The molecule has 1 aromatic heterocycles. The van der Waals surface area contributed by atoms with Crippen molar-refractivity contribution < 1.29 is 4.79 Å². The summed E-state index contributed by atoms with van der Waals surface area (Å²) in [4.78, 5) is 19.8. The van der Waals surface area contributed by atoms with Gasteiger partial charge in [0.05, 0.1) is 5.25 Å². The van der Waals surface area contributed by atoms with E-state index < -0.39 is 0 Å². The average molecular weight is 493 g/mol. The Labute approximate surface area is 184 Å². The number of hydrogen-bond donors (Lipinski definition) is 1. The fourth-order valence-corrected chi connectivity index (χ4v) is 5.35. The summed E-state index contributed by atoms with van der Waals surface area (Å²) in [6, 6.07) is 15.6. The molecule has 1 aliphatic heterocycles. The summed E-state index contributed by atoms with van der Waals surface area (Å²) in [5.74, 6) is -0.0784. The Kier molecular flexibility index (Phi) is 5.87. The zero-order valence-electron chi connectivity index (χ0n) is 14.6. The topological polar surface area (TPSA) is 57.1 Å². The molecule has 4 nitrogen and oxygen atoms in total. The van der Waals surface area contributed by atoms with Gasteiger partial charge in [0, 0.05) is 27.0 Å². The average Bonchev–Trinajstić information content (AvgIpc) is 3.23. The van der Waals surface area contributed by atoms with E-state index in [4.69, 9.17) is 17.0 Å². The first-order valence-corrected chi connectivity index (χ1v) is 11.4. The number of rotatable bonds is 5. The highest BCUT2D eigenvalue weighted by Gasteiger charge is 2.39. The number of nitrogens with one attached hydrogen (secondary N) is 1. The SMILES string of the molecule is N=C1S[C@@H](Cc2ccc(Br)cc2)C(=O)N1c1ncc(Cc2ccc(Cl)cc2)s1. The van der Waals surface area contributed by atoms with Gasteiger partial charge in [-0.15, -0.1) is 11.3 Å². The summed E-state index contributed by atoms with van der Waals surface area (Å²) >= 11 is 12.1. The van der Waals surface area contributed by atoms with E-state index in [1.165, 1.54) is 28.0 Å². The number of nitrogens with zero attached hydrogens (tertiary/aromatic N) is 2. The molecule has 2 aromatic carbocycles. The van der Waals surface area contributed by atoms with E-state index >= 15 is 0 Å². The molecule has 3 aromatic rings. The Morgan fingerprint density at radius 2 is 1.79 bits per heavy atom. The second-order valence-electron chi connectivity index (χ2n) is 6.33.